The van der Waals surface area contributed by atoms with Gasteiger partial charge in [0.15, 0.2) is 0 Å². The van der Waals surface area contributed by atoms with Crippen molar-refractivity contribution < 1.29 is 9.59 Å². The van der Waals surface area contributed by atoms with Gasteiger partial charge in [0.05, 0.1) is 0 Å². The highest BCUT2D eigenvalue weighted by molar-refractivity contribution is 5.95. The van der Waals surface area contributed by atoms with E-state index in [2.05, 4.69) is 41.2 Å². The molecule has 5 heteroatoms. The van der Waals surface area contributed by atoms with Gasteiger partial charge in [0.1, 0.15) is 0 Å². The number of carbonyl (C=O) groups is 2. The second-order valence-electron chi connectivity index (χ2n) is 6.46. The quantitative estimate of drug-likeness (QED) is 0.732. The lowest BCUT2D eigenvalue weighted by atomic mass is 10.1. The van der Waals surface area contributed by atoms with Crippen LogP contribution < -0.4 is 10.6 Å². The Balaban J connectivity index is 1.64. The number of nitrogens with zero attached hydrogens (tertiary/aromatic N) is 1. The molecule has 3 aromatic rings. The van der Waals surface area contributed by atoms with Crippen LogP contribution in [0.4, 0.5) is 0 Å². The summed E-state index contributed by atoms with van der Waals surface area (Å²) in [6.45, 7) is 4.52. The molecule has 2 N–H and O–H groups in total. The minimum atomic E-state index is -0.127. The molecule has 0 radical (unpaired) electrons. The SMILES string of the molecule is CNC(=O)c1ccc(CNC(=O)c2ccc(-n3c(C)ccc3C)cc2)cc1. The third-order valence-electron chi connectivity index (χ3n) is 4.56. The number of aromatic nitrogens is 1. The van der Waals surface area contributed by atoms with Gasteiger partial charge in [-0.1, -0.05) is 12.1 Å². The molecule has 138 valence electrons. The lowest BCUT2D eigenvalue weighted by Crippen LogP contribution is -2.23. The molecule has 2 aromatic carbocycles. The summed E-state index contributed by atoms with van der Waals surface area (Å²) in [5, 5.41) is 5.49. The van der Waals surface area contributed by atoms with Crippen molar-refractivity contribution in [1.29, 1.82) is 0 Å². The molecule has 0 aliphatic carbocycles. The summed E-state index contributed by atoms with van der Waals surface area (Å²) in [5.74, 6) is -0.253. The Morgan fingerprint density at radius 1 is 0.778 bits per heavy atom. The summed E-state index contributed by atoms with van der Waals surface area (Å²) in [5.41, 5.74) is 5.50. The highest BCUT2D eigenvalue weighted by Crippen LogP contribution is 2.17. The number of nitrogens with one attached hydrogen (secondary N) is 2. The minimum absolute atomic E-state index is 0.126. The van der Waals surface area contributed by atoms with Crippen LogP contribution in [-0.4, -0.2) is 23.4 Å². The Morgan fingerprint density at radius 2 is 1.30 bits per heavy atom. The summed E-state index contributed by atoms with van der Waals surface area (Å²) < 4.78 is 2.15. The van der Waals surface area contributed by atoms with E-state index in [1.54, 1.807) is 19.2 Å². The smallest absolute Gasteiger partial charge is 0.251 e. The van der Waals surface area contributed by atoms with Crippen molar-refractivity contribution in [3.05, 3.63) is 88.7 Å². The molecule has 5 nitrogen and oxygen atoms in total. The van der Waals surface area contributed by atoms with Crippen molar-refractivity contribution in [1.82, 2.24) is 15.2 Å². The van der Waals surface area contributed by atoms with E-state index in [1.807, 2.05) is 36.4 Å². The topological polar surface area (TPSA) is 63.1 Å². The number of carbonyl (C=O) groups excluding carboxylic acids is 2. The van der Waals surface area contributed by atoms with Crippen LogP contribution in [-0.2, 0) is 6.54 Å². The van der Waals surface area contributed by atoms with Crippen molar-refractivity contribution in [3.8, 4) is 5.69 Å². The van der Waals surface area contributed by atoms with Crippen molar-refractivity contribution in [2.75, 3.05) is 7.05 Å². The Hall–Kier alpha value is -3.34. The normalized spacial score (nSPS) is 10.5. The lowest BCUT2D eigenvalue weighted by Gasteiger charge is -2.11. The van der Waals surface area contributed by atoms with E-state index >= 15 is 0 Å². The summed E-state index contributed by atoms with van der Waals surface area (Å²) >= 11 is 0. The van der Waals surface area contributed by atoms with Crippen LogP contribution in [0.15, 0.2) is 60.7 Å². The van der Waals surface area contributed by atoms with Crippen LogP contribution in [0.5, 0.6) is 0 Å². The van der Waals surface area contributed by atoms with Crippen LogP contribution in [0.1, 0.15) is 37.7 Å². The molecule has 0 fully saturated rings. The fraction of sp³-hybridized carbons (Fsp3) is 0.182. The third-order valence-corrected chi connectivity index (χ3v) is 4.56. The predicted molar refractivity (Wildman–Crippen MR) is 106 cm³/mol. The van der Waals surface area contributed by atoms with Gasteiger partial charge in [-0.15, -0.1) is 0 Å². The first-order valence-electron chi connectivity index (χ1n) is 8.84. The van der Waals surface area contributed by atoms with E-state index in [-0.39, 0.29) is 11.8 Å². The van der Waals surface area contributed by atoms with Gasteiger partial charge in [-0.2, -0.15) is 0 Å². The molecule has 0 aliphatic heterocycles. The van der Waals surface area contributed by atoms with E-state index in [1.165, 1.54) is 0 Å². The molecule has 0 bridgehead atoms. The number of hydrogen-bond donors (Lipinski definition) is 2. The van der Waals surface area contributed by atoms with E-state index in [0.717, 1.165) is 22.6 Å². The molecule has 0 saturated carbocycles. The molecule has 27 heavy (non-hydrogen) atoms. The zero-order valence-corrected chi connectivity index (χ0v) is 15.7. The van der Waals surface area contributed by atoms with Crippen LogP contribution in [0.3, 0.4) is 0 Å². The monoisotopic (exact) mass is 361 g/mol. The van der Waals surface area contributed by atoms with Gasteiger partial charge in [0.2, 0.25) is 0 Å². The Kier molecular flexibility index (Phi) is 5.41. The van der Waals surface area contributed by atoms with Gasteiger partial charge in [0, 0.05) is 41.8 Å². The standard InChI is InChI=1S/C22H23N3O2/c1-15-4-5-16(2)25(15)20-12-10-19(11-13-20)22(27)24-14-17-6-8-18(9-7-17)21(26)23-3/h4-13H,14H2,1-3H3,(H,23,26)(H,24,27). The summed E-state index contributed by atoms with van der Waals surface area (Å²) in [7, 11) is 1.60. The molecule has 0 atom stereocenters. The van der Waals surface area contributed by atoms with Crippen LogP contribution in [0, 0.1) is 13.8 Å². The first-order chi connectivity index (χ1) is 13.0. The van der Waals surface area contributed by atoms with E-state index < -0.39 is 0 Å². The van der Waals surface area contributed by atoms with Crippen molar-refractivity contribution >= 4 is 11.8 Å². The largest absolute Gasteiger partial charge is 0.355 e. The number of rotatable bonds is 5. The maximum Gasteiger partial charge on any atom is 0.251 e. The zero-order valence-electron chi connectivity index (χ0n) is 15.7. The Bertz CT molecular complexity index is 935. The van der Waals surface area contributed by atoms with Crippen molar-refractivity contribution in [3.63, 3.8) is 0 Å². The molecule has 1 heterocycles. The fourth-order valence-corrected chi connectivity index (χ4v) is 3.04. The highest BCUT2D eigenvalue weighted by Gasteiger charge is 2.08. The predicted octanol–water partition coefficient (Wildman–Crippen LogP) is 3.38. The molecule has 0 spiro atoms. The second-order valence-corrected chi connectivity index (χ2v) is 6.46. The summed E-state index contributed by atoms with van der Waals surface area (Å²) in [6, 6.07) is 18.9. The van der Waals surface area contributed by atoms with Crippen molar-refractivity contribution in [2.45, 2.75) is 20.4 Å². The number of aryl methyl sites for hydroxylation is 2. The molecule has 0 unspecified atom stereocenters. The first-order valence-corrected chi connectivity index (χ1v) is 8.84. The van der Waals surface area contributed by atoms with Crippen molar-refractivity contribution in [2.24, 2.45) is 0 Å². The van der Waals surface area contributed by atoms with E-state index in [4.69, 9.17) is 0 Å². The molecule has 2 amide bonds. The van der Waals surface area contributed by atoms with E-state index in [0.29, 0.717) is 17.7 Å². The number of benzene rings is 2. The van der Waals surface area contributed by atoms with Gasteiger partial charge in [0.25, 0.3) is 11.8 Å². The lowest BCUT2D eigenvalue weighted by molar-refractivity contribution is 0.0946. The molecule has 1 aromatic heterocycles. The molecule has 0 aliphatic rings. The first kappa shape index (κ1) is 18.5. The van der Waals surface area contributed by atoms with Gasteiger partial charge in [-0.3, -0.25) is 9.59 Å². The minimum Gasteiger partial charge on any atom is -0.355 e. The molecular weight excluding hydrogens is 338 g/mol. The maximum atomic E-state index is 12.4. The zero-order chi connectivity index (χ0) is 19.4. The fourth-order valence-electron chi connectivity index (χ4n) is 3.04. The number of hydrogen-bond acceptors (Lipinski definition) is 2. The Labute approximate surface area is 159 Å². The average molecular weight is 361 g/mol. The average Bonchev–Trinajstić information content (AvgIpc) is 3.04. The van der Waals surface area contributed by atoms with Crippen LogP contribution >= 0.6 is 0 Å². The summed E-state index contributed by atoms with van der Waals surface area (Å²) in [4.78, 5) is 23.9. The second kappa shape index (κ2) is 7.91. The van der Waals surface area contributed by atoms with Gasteiger partial charge < -0.3 is 15.2 Å². The molecule has 3 rings (SSSR count). The maximum absolute atomic E-state index is 12.4. The van der Waals surface area contributed by atoms with Gasteiger partial charge in [-0.25, -0.2) is 0 Å². The van der Waals surface area contributed by atoms with Crippen LogP contribution in [0.25, 0.3) is 5.69 Å². The third kappa shape index (κ3) is 4.08. The van der Waals surface area contributed by atoms with Gasteiger partial charge >= 0.3 is 0 Å². The summed E-state index contributed by atoms with van der Waals surface area (Å²) in [6.07, 6.45) is 0. The van der Waals surface area contributed by atoms with Crippen LogP contribution in [0.2, 0.25) is 0 Å². The molecular formula is C22H23N3O2. The van der Waals surface area contributed by atoms with Gasteiger partial charge in [-0.05, 0) is 67.9 Å². The molecule has 0 saturated heterocycles. The highest BCUT2D eigenvalue weighted by atomic mass is 16.2. The Morgan fingerprint density at radius 3 is 1.85 bits per heavy atom. The number of amides is 2. The van der Waals surface area contributed by atoms with E-state index in [9.17, 15) is 9.59 Å².